The first-order chi connectivity index (χ1) is 8.16. The van der Waals surface area contributed by atoms with Gasteiger partial charge in [0.25, 0.3) is 5.91 Å². The Morgan fingerprint density at radius 3 is 3.00 bits per heavy atom. The van der Waals surface area contributed by atoms with E-state index in [0.29, 0.717) is 11.0 Å². The number of rotatable bonds is 3. The lowest BCUT2D eigenvalue weighted by molar-refractivity contribution is 0.0947. The van der Waals surface area contributed by atoms with Crippen LogP contribution in [0.4, 0.5) is 0 Å². The molecule has 0 saturated carbocycles. The lowest BCUT2D eigenvalue weighted by Crippen LogP contribution is -2.40. The van der Waals surface area contributed by atoms with Crippen molar-refractivity contribution in [2.24, 2.45) is 0 Å². The summed E-state index contributed by atoms with van der Waals surface area (Å²) in [4.78, 5) is 11.8. The summed E-state index contributed by atoms with van der Waals surface area (Å²) in [5.41, 5.74) is 0.666. The number of hydrogen-bond acceptors (Lipinski definition) is 5. The van der Waals surface area contributed by atoms with E-state index in [-0.39, 0.29) is 11.4 Å². The van der Waals surface area contributed by atoms with Gasteiger partial charge in [-0.2, -0.15) is 0 Å². The highest BCUT2D eigenvalue weighted by Crippen LogP contribution is 2.11. The molecule has 0 bridgehead atoms. The van der Waals surface area contributed by atoms with Crippen LogP contribution < -0.4 is 16.1 Å². The summed E-state index contributed by atoms with van der Waals surface area (Å²) in [7, 11) is -1.55. The molecule has 90 valence electrons. The number of benzene rings is 1. The maximum atomic E-state index is 11.8. The van der Waals surface area contributed by atoms with Gasteiger partial charge in [-0.15, -0.1) is 11.8 Å². The van der Waals surface area contributed by atoms with Crippen LogP contribution in [0.25, 0.3) is 0 Å². The van der Waals surface area contributed by atoms with E-state index in [1.807, 2.05) is 0 Å². The summed E-state index contributed by atoms with van der Waals surface area (Å²) in [5, 5.41) is 24.0. The molecule has 2 rings (SSSR count). The van der Waals surface area contributed by atoms with Crippen LogP contribution in [0, 0.1) is 0 Å². The van der Waals surface area contributed by atoms with E-state index in [1.54, 1.807) is 30.0 Å². The van der Waals surface area contributed by atoms with E-state index < -0.39 is 7.12 Å². The Bertz CT molecular complexity index is 410. The van der Waals surface area contributed by atoms with Gasteiger partial charge in [-0.3, -0.25) is 10.1 Å². The third-order valence-corrected chi connectivity index (χ3v) is 3.48. The highest BCUT2D eigenvalue weighted by Gasteiger charge is 2.19. The number of amides is 1. The lowest BCUT2D eigenvalue weighted by Gasteiger charge is -2.12. The van der Waals surface area contributed by atoms with Crippen molar-refractivity contribution in [2.45, 2.75) is 5.50 Å². The molecule has 1 amide bonds. The Morgan fingerprint density at radius 2 is 2.35 bits per heavy atom. The van der Waals surface area contributed by atoms with Gasteiger partial charge in [0.05, 0.1) is 0 Å². The highest BCUT2D eigenvalue weighted by atomic mass is 32.2. The molecule has 5 nitrogen and oxygen atoms in total. The molecule has 0 spiro atoms. The molecule has 1 aromatic rings. The first-order valence-electron chi connectivity index (χ1n) is 5.29. The van der Waals surface area contributed by atoms with E-state index in [4.69, 9.17) is 10.0 Å². The Labute approximate surface area is 104 Å². The van der Waals surface area contributed by atoms with Gasteiger partial charge in [-0.05, 0) is 17.6 Å². The third-order valence-electron chi connectivity index (χ3n) is 2.43. The average molecular weight is 252 g/mol. The zero-order valence-electron chi connectivity index (χ0n) is 9.09. The number of thioether (sulfide) groups is 1. The fourth-order valence-corrected chi connectivity index (χ4v) is 2.46. The van der Waals surface area contributed by atoms with Crippen molar-refractivity contribution >= 4 is 30.3 Å². The second kappa shape index (κ2) is 5.55. The number of carbonyl (C=O) groups excluding carboxylic acids is 1. The van der Waals surface area contributed by atoms with Gasteiger partial charge in [0.2, 0.25) is 0 Å². The molecule has 17 heavy (non-hydrogen) atoms. The van der Waals surface area contributed by atoms with Gasteiger partial charge >= 0.3 is 7.12 Å². The fourth-order valence-electron chi connectivity index (χ4n) is 1.56. The minimum Gasteiger partial charge on any atom is -0.423 e. The predicted octanol–water partition coefficient (Wildman–Crippen LogP) is -1.28. The smallest absolute Gasteiger partial charge is 0.423 e. The van der Waals surface area contributed by atoms with Crippen molar-refractivity contribution in [3.05, 3.63) is 29.8 Å². The quantitative estimate of drug-likeness (QED) is 0.504. The Kier molecular flexibility index (Phi) is 4.06. The third kappa shape index (κ3) is 3.23. The second-order valence-electron chi connectivity index (χ2n) is 3.68. The van der Waals surface area contributed by atoms with Crippen LogP contribution in [0.1, 0.15) is 10.4 Å². The molecule has 1 atom stereocenters. The van der Waals surface area contributed by atoms with Crippen molar-refractivity contribution in [1.82, 2.24) is 10.6 Å². The topological polar surface area (TPSA) is 81.6 Å². The molecule has 0 unspecified atom stereocenters. The monoisotopic (exact) mass is 252 g/mol. The normalized spacial score (nSPS) is 19.1. The summed E-state index contributed by atoms with van der Waals surface area (Å²) < 4.78 is 0. The molecule has 1 aliphatic heterocycles. The molecule has 0 aromatic heterocycles. The molecule has 1 saturated heterocycles. The summed E-state index contributed by atoms with van der Waals surface area (Å²) in [5.74, 6) is 0.750. The van der Waals surface area contributed by atoms with E-state index in [2.05, 4.69) is 10.6 Å². The molecule has 1 heterocycles. The van der Waals surface area contributed by atoms with Gasteiger partial charge in [0.1, 0.15) is 5.50 Å². The van der Waals surface area contributed by atoms with Gasteiger partial charge in [0, 0.05) is 17.9 Å². The van der Waals surface area contributed by atoms with Crippen molar-refractivity contribution in [2.75, 3.05) is 12.3 Å². The Hall–Kier alpha value is -1.02. The van der Waals surface area contributed by atoms with Crippen LogP contribution in [0.5, 0.6) is 0 Å². The molecule has 4 N–H and O–H groups in total. The molecule has 1 fully saturated rings. The average Bonchev–Trinajstić information content (AvgIpc) is 2.82. The summed E-state index contributed by atoms with van der Waals surface area (Å²) in [6, 6.07) is 6.30. The Balaban J connectivity index is 2.05. The molecule has 1 aromatic carbocycles. The van der Waals surface area contributed by atoms with Crippen LogP contribution in [-0.4, -0.2) is 40.9 Å². The highest BCUT2D eigenvalue weighted by molar-refractivity contribution is 8.00. The van der Waals surface area contributed by atoms with E-state index in [9.17, 15) is 4.79 Å². The summed E-state index contributed by atoms with van der Waals surface area (Å²) >= 11 is 1.63. The zero-order chi connectivity index (χ0) is 12.3. The van der Waals surface area contributed by atoms with Gasteiger partial charge in [-0.1, -0.05) is 12.1 Å². The number of hydrogen-bond donors (Lipinski definition) is 4. The molecule has 0 aliphatic carbocycles. The molecular formula is C10H13BN2O3S. The molecule has 7 heteroatoms. The number of nitrogens with one attached hydrogen (secondary N) is 2. The van der Waals surface area contributed by atoms with E-state index in [0.717, 1.165) is 12.3 Å². The van der Waals surface area contributed by atoms with E-state index in [1.165, 1.54) is 6.07 Å². The van der Waals surface area contributed by atoms with Crippen LogP contribution in [0.2, 0.25) is 0 Å². The first-order valence-corrected chi connectivity index (χ1v) is 6.33. The van der Waals surface area contributed by atoms with Crippen molar-refractivity contribution in [3.63, 3.8) is 0 Å². The second-order valence-corrected chi connectivity index (χ2v) is 4.89. The SMILES string of the molecule is O=C(N[C@@H]1NCCS1)c1cccc(B(O)O)c1. The van der Waals surface area contributed by atoms with Crippen LogP contribution in [0.3, 0.4) is 0 Å². The van der Waals surface area contributed by atoms with Crippen LogP contribution in [0.15, 0.2) is 24.3 Å². The first kappa shape index (κ1) is 12.4. The maximum absolute atomic E-state index is 11.8. The maximum Gasteiger partial charge on any atom is 0.488 e. The van der Waals surface area contributed by atoms with Crippen LogP contribution >= 0.6 is 11.8 Å². The fraction of sp³-hybridized carbons (Fsp3) is 0.300. The summed E-state index contributed by atoms with van der Waals surface area (Å²) in [6.45, 7) is 0.880. The summed E-state index contributed by atoms with van der Waals surface area (Å²) in [6.07, 6.45) is 0. The zero-order valence-corrected chi connectivity index (χ0v) is 9.91. The molecular weight excluding hydrogens is 239 g/mol. The van der Waals surface area contributed by atoms with Gasteiger partial charge in [0.15, 0.2) is 0 Å². The van der Waals surface area contributed by atoms with Crippen LogP contribution in [-0.2, 0) is 0 Å². The minimum atomic E-state index is -1.55. The minimum absolute atomic E-state index is 0.0646. The standard InChI is InChI=1S/C10H13BN2O3S/c14-9(13-10-12-4-5-17-10)7-2-1-3-8(6-7)11(15)16/h1-3,6,10,12,15-16H,4-5H2,(H,13,14)/t10-/m0/s1. The molecule has 0 radical (unpaired) electrons. The van der Waals surface area contributed by atoms with Gasteiger partial charge in [-0.25, -0.2) is 0 Å². The largest absolute Gasteiger partial charge is 0.488 e. The predicted molar refractivity (Wildman–Crippen MR) is 68.0 cm³/mol. The van der Waals surface area contributed by atoms with Crippen molar-refractivity contribution in [3.8, 4) is 0 Å². The Morgan fingerprint density at radius 1 is 1.53 bits per heavy atom. The molecule has 1 aliphatic rings. The lowest BCUT2D eigenvalue weighted by atomic mass is 9.79. The van der Waals surface area contributed by atoms with E-state index >= 15 is 0 Å². The number of carbonyl (C=O) groups is 1. The van der Waals surface area contributed by atoms with Gasteiger partial charge < -0.3 is 15.4 Å². The van der Waals surface area contributed by atoms with Crippen molar-refractivity contribution < 1.29 is 14.8 Å². The van der Waals surface area contributed by atoms with Crippen molar-refractivity contribution in [1.29, 1.82) is 0 Å².